The maximum absolute atomic E-state index is 11.8. The molecule has 2 rings (SSSR count). The van der Waals surface area contributed by atoms with Gasteiger partial charge in [0.15, 0.2) is 0 Å². The molecule has 1 aromatic rings. The minimum absolute atomic E-state index is 0.217. The predicted molar refractivity (Wildman–Crippen MR) is 87.8 cm³/mol. The lowest BCUT2D eigenvalue weighted by Gasteiger charge is -2.29. The highest BCUT2D eigenvalue weighted by Crippen LogP contribution is 2.40. The summed E-state index contributed by atoms with van der Waals surface area (Å²) in [6.07, 6.45) is 2.65. The van der Waals surface area contributed by atoms with Crippen molar-refractivity contribution in [3.8, 4) is 0 Å². The molecule has 0 aromatic heterocycles. The molecule has 1 saturated carbocycles. The molecule has 1 fully saturated rings. The molecule has 0 spiro atoms. The Morgan fingerprint density at radius 2 is 2.10 bits per heavy atom. The van der Waals surface area contributed by atoms with Crippen molar-refractivity contribution in [2.75, 3.05) is 0 Å². The summed E-state index contributed by atoms with van der Waals surface area (Å²) in [5.41, 5.74) is 5.11. The second kappa shape index (κ2) is 6.50. The van der Waals surface area contributed by atoms with Crippen molar-refractivity contribution >= 4 is 33.6 Å². The zero-order valence-electron chi connectivity index (χ0n) is 11.9. The van der Waals surface area contributed by atoms with Crippen LogP contribution in [0.2, 0.25) is 0 Å². The second-order valence-corrected chi connectivity index (χ2v) is 7.97. The number of carbonyl (C=O) groups excluding carboxylic acids is 1. The summed E-state index contributed by atoms with van der Waals surface area (Å²) in [6.45, 7) is 4.11. The van der Waals surface area contributed by atoms with Gasteiger partial charge in [-0.05, 0) is 57.4 Å². The van der Waals surface area contributed by atoms with E-state index in [2.05, 4.69) is 47.2 Å². The van der Waals surface area contributed by atoms with Crippen LogP contribution in [0.4, 0.5) is 0 Å². The van der Waals surface area contributed by atoms with Gasteiger partial charge in [-0.3, -0.25) is 4.79 Å². The van der Waals surface area contributed by atoms with Crippen LogP contribution in [0.25, 0.3) is 0 Å². The second-order valence-electron chi connectivity index (χ2n) is 5.68. The Balaban J connectivity index is 2.03. The molecule has 3 N–H and O–H groups in total. The molecule has 1 amide bonds. The maximum atomic E-state index is 11.8. The van der Waals surface area contributed by atoms with Gasteiger partial charge in [0.25, 0.3) is 0 Å². The molecule has 1 aromatic carbocycles. The van der Waals surface area contributed by atoms with E-state index in [1.165, 1.54) is 4.90 Å². The molecule has 0 aliphatic heterocycles. The molecular weight excluding hydrogens is 336 g/mol. The number of thioether (sulfide) groups is 1. The first-order valence-corrected chi connectivity index (χ1v) is 8.58. The van der Waals surface area contributed by atoms with Gasteiger partial charge in [-0.2, -0.15) is 0 Å². The molecule has 5 heteroatoms. The van der Waals surface area contributed by atoms with Crippen molar-refractivity contribution in [2.24, 2.45) is 5.73 Å². The SMILES string of the molecule is CC(C)NC1(C(N)=O)CCC(Sc2ccc(Br)cc2)C1. The lowest BCUT2D eigenvalue weighted by atomic mass is 9.96. The molecule has 0 bridgehead atoms. The van der Waals surface area contributed by atoms with Gasteiger partial charge >= 0.3 is 0 Å². The normalized spacial score (nSPS) is 26.1. The molecule has 0 saturated heterocycles. The topological polar surface area (TPSA) is 55.1 Å². The molecule has 1 aliphatic rings. The maximum Gasteiger partial charge on any atom is 0.237 e. The summed E-state index contributed by atoms with van der Waals surface area (Å²) in [4.78, 5) is 13.1. The summed E-state index contributed by atoms with van der Waals surface area (Å²) in [5.74, 6) is -0.217. The van der Waals surface area contributed by atoms with E-state index in [9.17, 15) is 4.79 Å². The molecule has 0 heterocycles. The highest BCUT2D eigenvalue weighted by molar-refractivity contribution is 9.10. The van der Waals surface area contributed by atoms with Crippen molar-refractivity contribution in [3.63, 3.8) is 0 Å². The number of hydrogen-bond donors (Lipinski definition) is 2. The number of benzene rings is 1. The third kappa shape index (κ3) is 3.77. The highest BCUT2D eigenvalue weighted by atomic mass is 79.9. The first-order valence-electron chi connectivity index (χ1n) is 6.91. The van der Waals surface area contributed by atoms with Gasteiger partial charge in [-0.25, -0.2) is 0 Å². The van der Waals surface area contributed by atoms with Crippen LogP contribution >= 0.6 is 27.7 Å². The zero-order chi connectivity index (χ0) is 14.8. The standard InChI is InChI=1S/C15H21BrN2OS/c1-10(2)18-15(14(17)19)8-7-13(9-15)20-12-5-3-11(16)4-6-12/h3-6,10,13,18H,7-9H2,1-2H3,(H2,17,19). The van der Waals surface area contributed by atoms with Gasteiger partial charge < -0.3 is 11.1 Å². The van der Waals surface area contributed by atoms with Crippen LogP contribution in [-0.2, 0) is 4.79 Å². The molecule has 2 unspecified atom stereocenters. The number of amides is 1. The van der Waals surface area contributed by atoms with Crippen molar-refractivity contribution < 1.29 is 4.79 Å². The van der Waals surface area contributed by atoms with Crippen LogP contribution < -0.4 is 11.1 Å². The molecule has 0 radical (unpaired) electrons. The third-order valence-corrected chi connectivity index (χ3v) is 5.43. The fraction of sp³-hybridized carbons (Fsp3) is 0.533. The van der Waals surface area contributed by atoms with Gasteiger partial charge in [-0.15, -0.1) is 11.8 Å². The molecular formula is C15H21BrN2OS. The van der Waals surface area contributed by atoms with Gasteiger partial charge in [0.2, 0.25) is 5.91 Å². The number of nitrogens with one attached hydrogen (secondary N) is 1. The summed E-state index contributed by atoms with van der Waals surface area (Å²) in [5, 5.41) is 3.82. The number of rotatable bonds is 5. The van der Waals surface area contributed by atoms with Crippen molar-refractivity contribution in [2.45, 2.75) is 54.8 Å². The van der Waals surface area contributed by atoms with Crippen LogP contribution in [-0.4, -0.2) is 22.7 Å². The number of hydrogen-bond acceptors (Lipinski definition) is 3. The third-order valence-electron chi connectivity index (χ3n) is 3.62. The van der Waals surface area contributed by atoms with E-state index in [1.54, 1.807) is 0 Å². The smallest absolute Gasteiger partial charge is 0.237 e. The summed E-state index contributed by atoms with van der Waals surface area (Å²) in [7, 11) is 0. The van der Waals surface area contributed by atoms with Crippen molar-refractivity contribution in [1.82, 2.24) is 5.32 Å². The van der Waals surface area contributed by atoms with E-state index in [4.69, 9.17) is 5.73 Å². The largest absolute Gasteiger partial charge is 0.368 e. The summed E-state index contributed by atoms with van der Waals surface area (Å²) < 4.78 is 1.08. The summed E-state index contributed by atoms with van der Waals surface area (Å²) in [6, 6.07) is 8.57. The predicted octanol–water partition coefficient (Wildman–Crippen LogP) is 3.32. The Labute approximate surface area is 133 Å². The van der Waals surface area contributed by atoms with E-state index >= 15 is 0 Å². The van der Waals surface area contributed by atoms with E-state index < -0.39 is 5.54 Å². The van der Waals surface area contributed by atoms with Crippen LogP contribution in [0.1, 0.15) is 33.1 Å². The Hall–Kier alpha value is -0.520. The fourth-order valence-electron chi connectivity index (χ4n) is 2.78. The zero-order valence-corrected chi connectivity index (χ0v) is 14.3. The first-order chi connectivity index (χ1) is 9.41. The van der Waals surface area contributed by atoms with E-state index in [0.29, 0.717) is 5.25 Å². The molecule has 110 valence electrons. The van der Waals surface area contributed by atoms with Gasteiger partial charge in [0, 0.05) is 20.7 Å². The molecule has 2 atom stereocenters. The minimum atomic E-state index is -0.527. The molecule has 20 heavy (non-hydrogen) atoms. The fourth-order valence-corrected chi connectivity index (χ4v) is 4.33. The number of halogens is 1. The van der Waals surface area contributed by atoms with Crippen LogP contribution in [0.15, 0.2) is 33.6 Å². The first kappa shape index (κ1) is 15.9. The Bertz CT molecular complexity index is 477. The molecule has 1 aliphatic carbocycles. The van der Waals surface area contributed by atoms with Crippen LogP contribution in [0.5, 0.6) is 0 Å². The van der Waals surface area contributed by atoms with Crippen LogP contribution in [0.3, 0.4) is 0 Å². The average molecular weight is 357 g/mol. The van der Waals surface area contributed by atoms with Gasteiger partial charge in [0.05, 0.1) is 5.54 Å². The number of carbonyl (C=O) groups is 1. The average Bonchev–Trinajstić information content (AvgIpc) is 2.76. The van der Waals surface area contributed by atoms with E-state index in [0.717, 1.165) is 23.7 Å². The van der Waals surface area contributed by atoms with E-state index in [-0.39, 0.29) is 11.9 Å². The van der Waals surface area contributed by atoms with Gasteiger partial charge in [-0.1, -0.05) is 15.9 Å². The quantitative estimate of drug-likeness (QED) is 0.850. The minimum Gasteiger partial charge on any atom is -0.368 e. The number of nitrogens with two attached hydrogens (primary N) is 1. The highest BCUT2D eigenvalue weighted by Gasteiger charge is 2.44. The van der Waals surface area contributed by atoms with Gasteiger partial charge in [0.1, 0.15) is 0 Å². The van der Waals surface area contributed by atoms with Crippen LogP contribution in [0, 0.1) is 0 Å². The Morgan fingerprint density at radius 3 is 2.65 bits per heavy atom. The van der Waals surface area contributed by atoms with Crippen molar-refractivity contribution in [1.29, 1.82) is 0 Å². The summed E-state index contributed by atoms with van der Waals surface area (Å²) >= 11 is 5.28. The number of primary amides is 1. The van der Waals surface area contributed by atoms with E-state index in [1.807, 2.05) is 23.9 Å². The van der Waals surface area contributed by atoms with Crippen molar-refractivity contribution in [3.05, 3.63) is 28.7 Å². The lowest BCUT2D eigenvalue weighted by Crippen LogP contribution is -2.56. The Kier molecular flexibility index (Phi) is 5.15. The Morgan fingerprint density at radius 1 is 1.45 bits per heavy atom. The lowest BCUT2D eigenvalue weighted by molar-refractivity contribution is -0.124. The molecule has 3 nitrogen and oxygen atoms in total. The monoisotopic (exact) mass is 356 g/mol.